The summed E-state index contributed by atoms with van der Waals surface area (Å²) < 4.78 is 38.2. The number of aryl methyl sites for hydroxylation is 1. The number of nitrogens with zero attached hydrogens (tertiary/aromatic N) is 2. The minimum atomic E-state index is -4.39. The van der Waals surface area contributed by atoms with Gasteiger partial charge < -0.3 is 5.73 Å². The Hall–Kier alpha value is -1.11. The number of hydrogen-bond acceptors (Lipinski definition) is 2. The molecule has 0 fully saturated rings. The topological polar surface area (TPSA) is 43.8 Å². The quantitative estimate of drug-likeness (QED) is 0.843. The van der Waals surface area contributed by atoms with Gasteiger partial charge >= 0.3 is 6.18 Å². The Labute approximate surface area is 109 Å². The summed E-state index contributed by atoms with van der Waals surface area (Å²) in [4.78, 5) is 0.416. The first-order valence-electron chi connectivity index (χ1n) is 5.53. The summed E-state index contributed by atoms with van der Waals surface area (Å²) in [7, 11) is 0. The van der Waals surface area contributed by atoms with E-state index >= 15 is 0 Å². The summed E-state index contributed by atoms with van der Waals surface area (Å²) in [6, 6.07) is 0.971. The highest BCUT2D eigenvalue weighted by atomic mass is 32.1. The summed E-state index contributed by atoms with van der Waals surface area (Å²) in [6.45, 7) is 4.25. The van der Waals surface area contributed by atoms with Crippen molar-refractivity contribution >= 4 is 17.2 Å². The number of nitrogens with two attached hydrogens (primary N) is 1. The molecule has 7 heteroatoms. The molecule has 0 atom stereocenters. The minimum absolute atomic E-state index is 0.282. The van der Waals surface area contributed by atoms with Gasteiger partial charge in [0.25, 0.3) is 0 Å². The number of rotatable bonds is 5. The van der Waals surface area contributed by atoms with Crippen LogP contribution in [0.5, 0.6) is 0 Å². The smallest absolute Gasteiger partial charge is 0.393 e. The molecule has 1 heterocycles. The van der Waals surface area contributed by atoms with Crippen molar-refractivity contribution in [1.29, 1.82) is 0 Å². The van der Waals surface area contributed by atoms with Crippen molar-refractivity contribution in [1.82, 2.24) is 9.78 Å². The second-order valence-corrected chi connectivity index (χ2v) is 5.25. The molecule has 0 aliphatic carbocycles. The van der Waals surface area contributed by atoms with Crippen molar-refractivity contribution in [2.45, 2.75) is 39.4 Å². The molecule has 18 heavy (non-hydrogen) atoms. The summed E-state index contributed by atoms with van der Waals surface area (Å²) >= 11 is 4.92. The third-order valence-corrected chi connectivity index (χ3v) is 3.34. The predicted molar refractivity (Wildman–Crippen MR) is 67.0 cm³/mol. The highest BCUT2D eigenvalue weighted by Crippen LogP contribution is 2.27. The molecular formula is C11H16F3N3S. The molecule has 0 unspecified atom stereocenters. The first-order valence-corrected chi connectivity index (χ1v) is 5.94. The van der Waals surface area contributed by atoms with Gasteiger partial charge in [0, 0.05) is 18.2 Å². The van der Waals surface area contributed by atoms with Gasteiger partial charge in [0.15, 0.2) is 5.69 Å². The Kier molecular flexibility index (Phi) is 4.37. The molecule has 102 valence electrons. The zero-order chi connectivity index (χ0) is 14.0. The van der Waals surface area contributed by atoms with Crippen LogP contribution in [0.1, 0.15) is 32.4 Å². The lowest BCUT2D eigenvalue weighted by atomic mass is 9.88. The summed E-state index contributed by atoms with van der Waals surface area (Å²) in [5.74, 6) is 0. The van der Waals surface area contributed by atoms with Crippen LogP contribution >= 0.6 is 12.2 Å². The van der Waals surface area contributed by atoms with Crippen LogP contribution < -0.4 is 5.73 Å². The van der Waals surface area contributed by atoms with Gasteiger partial charge in [-0.2, -0.15) is 18.3 Å². The van der Waals surface area contributed by atoms with Crippen LogP contribution in [0.2, 0.25) is 0 Å². The van der Waals surface area contributed by atoms with E-state index in [9.17, 15) is 13.2 Å². The predicted octanol–water partition coefficient (Wildman–Crippen LogP) is 2.99. The molecule has 2 N–H and O–H groups in total. The Bertz CT molecular complexity index is 423. The standard InChI is InChI=1S/C11H16F3N3S/c1-10(2,9(15)18)5-3-6-17-7-4-8(16-17)11(12,13)14/h4,7H,3,5-6H2,1-2H3,(H2,15,18). The first-order chi connectivity index (χ1) is 8.13. The van der Waals surface area contributed by atoms with Crippen LogP contribution in [-0.4, -0.2) is 14.8 Å². The molecule has 3 nitrogen and oxygen atoms in total. The number of alkyl halides is 3. The Morgan fingerprint density at radius 3 is 2.50 bits per heavy atom. The molecule has 1 aromatic rings. The van der Waals surface area contributed by atoms with Gasteiger partial charge in [0.1, 0.15) is 0 Å². The maximum Gasteiger partial charge on any atom is 0.435 e. The lowest BCUT2D eigenvalue weighted by Gasteiger charge is -2.22. The fraction of sp³-hybridized carbons (Fsp3) is 0.636. The molecule has 0 radical (unpaired) electrons. The molecule has 0 saturated heterocycles. The fourth-order valence-electron chi connectivity index (χ4n) is 1.44. The van der Waals surface area contributed by atoms with Gasteiger partial charge in [-0.15, -0.1) is 0 Å². The normalized spacial score (nSPS) is 12.7. The summed E-state index contributed by atoms with van der Waals surface area (Å²) in [6.07, 6.45) is -1.67. The zero-order valence-corrected chi connectivity index (χ0v) is 11.1. The first kappa shape index (κ1) is 14.9. The van der Waals surface area contributed by atoms with Gasteiger partial charge in [-0.05, 0) is 18.9 Å². The van der Waals surface area contributed by atoms with Crippen molar-refractivity contribution < 1.29 is 13.2 Å². The van der Waals surface area contributed by atoms with E-state index in [1.807, 2.05) is 13.8 Å². The lowest BCUT2D eigenvalue weighted by Crippen LogP contribution is -2.29. The minimum Gasteiger partial charge on any atom is -0.393 e. The number of halogens is 3. The van der Waals surface area contributed by atoms with Crippen LogP contribution in [0.25, 0.3) is 0 Å². The van der Waals surface area contributed by atoms with Crippen molar-refractivity contribution in [3.8, 4) is 0 Å². The van der Waals surface area contributed by atoms with E-state index in [0.29, 0.717) is 24.4 Å². The lowest BCUT2D eigenvalue weighted by molar-refractivity contribution is -0.141. The molecule has 0 aliphatic heterocycles. The highest BCUT2D eigenvalue weighted by molar-refractivity contribution is 7.80. The maximum absolute atomic E-state index is 12.3. The average molecular weight is 279 g/mol. The Balaban J connectivity index is 2.51. The van der Waals surface area contributed by atoms with Crippen molar-refractivity contribution in [2.75, 3.05) is 0 Å². The van der Waals surface area contributed by atoms with Crippen molar-refractivity contribution in [3.63, 3.8) is 0 Å². The third kappa shape index (κ3) is 3.97. The zero-order valence-electron chi connectivity index (χ0n) is 10.3. The van der Waals surface area contributed by atoms with Gasteiger partial charge in [-0.1, -0.05) is 26.1 Å². The van der Waals surface area contributed by atoms with E-state index in [1.165, 1.54) is 10.9 Å². The Morgan fingerprint density at radius 1 is 1.44 bits per heavy atom. The van der Waals surface area contributed by atoms with Crippen LogP contribution in [0, 0.1) is 5.41 Å². The molecule has 0 amide bonds. The fourth-order valence-corrected chi connectivity index (χ4v) is 1.55. The second-order valence-electron chi connectivity index (χ2n) is 4.81. The van der Waals surface area contributed by atoms with Gasteiger partial charge in [-0.25, -0.2) is 0 Å². The van der Waals surface area contributed by atoms with E-state index in [0.717, 1.165) is 6.07 Å². The third-order valence-electron chi connectivity index (χ3n) is 2.79. The summed E-state index contributed by atoms with van der Waals surface area (Å²) in [5, 5.41) is 3.47. The number of thiocarbonyl (C=S) groups is 1. The van der Waals surface area contributed by atoms with Crippen LogP contribution in [0.15, 0.2) is 12.3 Å². The van der Waals surface area contributed by atoms with Crippen LogP contribution in [-0.2, 0) is 12.7 Å². The molecule has 1 aromatic heterocycles. The van der Waals surface area contributed by atoms with E-state index in [4.69, 9.17) is 18.0 Å². The molecule has 0 spiro atoms. The number of aromatic nitrogens is 2. The molecular weight excluding hydrogens is 263 g/mol. The van der Waals surface area contributed by atoms with Crippen molar-refractivity contribution in [3.05, 3.63) is 18.0 Å². The van der Waals surface area contributed by atoms with Gasteiger partial charge in [0.2, 0.25) is 0 Å². The number of hydrogen-bond donors (Lipinski definition) is 1. The molecule has 1 rings (SSSR count). The van der Waals surface area contributed by atoms with Crippen LogP contribution in [0.4, 0.5) is 13.2 Å². The molecule has 0 aliphatic rings. The van der Waals surface area contributed by atoms with E-state index in [-0.39, 0.29) is 5.41 Å². The molecule has 0 saturated carbocycles. The monoisotopic (exact) mass is 279 g/mol. The van der Waals surface area contributed by atoms with Gasteiger partial charge in [0.05, 0.1) is 4.99 Å². The van der Waals surface area contributed by atoms with E-state index in [2.05, 4.69) is 5.10 Å². The molecule has 0 bridgehead atoms. The van der Waals surface area contributed by atoms with Crippen LogP contribution in [0.3, 0.4) is 0 Å². The van der Waals surface area contributed by atoms with E-state index in [1.54, 1.807) is 0 Å². The average Bonchev–Trinajstić information content (AvgIpc) is 2.65. The second kappa shape index (κ2) is 5.26. The molecule has 0 aromatic carbocycles. The Morgan fingerprint density at radius 2 is 2.06 bits per heavy atom. The maximum atomic E-state index is 12.3. The summed E-state index contributed by atoms with van der Waals surface area (Å²) in [5.41, 5.74) is 4.42. The van der Waals surface area contributed by atoms with Gasteiger partial charge in [-0.3, -0.25) is 4.68 Å². The highest BCUT2D eigenvalue weighted by Gasteiger charge is 2.33. The SMILES string of the molecule is CC(C)(CCCn1ccc(C(F)(F)F)n1)C(N)=S. The van der Waals surface area contributed by atoms with E-state index < -0.39 is 11.9 Å². The van der Waals surface area contributed by atoms with Crippen molar-refractivity contribution in [2.24, 2.45) is 11.1 Å². The largest absolute Gasteiger partial charge is 0.435 e.